The number of aryl methyl sites for hydroxylation is 1. The minimum atomic E-state index is 0.769. The van der Waals surface area contributed by atoms with E-state index in [-0.39, 0.29) is 0 Å². The molecule has 110 valence electrons. The van der Waals surface area contributed by atoms with Crippen molar-refractivity contribution in [1.29, 1.82) is 0 Å². The Morgan fingerprint density at radius 1 is 1.25 bits per heavy atom. The van der Waals surface area contributed by atoms with Crippen LogP contribution in [0.15, 0.2) is 22.7 Å². The van der Waals surface area contributed by atoms with Gasteiger partial charge in [0.05, 0.1) is 0 Å². The number of hydrogen-bond acceptors (Lipinski definition) is 2. The fourth-order valence-corrected chi connectivity index (χ4v) is 4.40. The van der Waals surface area contributed by atoms with Crippen LogP contribution < -0.4 is 10.2 Å². The molecule has 2 heterocycles. The van der Waals surface area contributed by atoms with E-state index in [1.807, 2.05) is 0 Å². The Balaban J connectivity index is 1.74. The number of halogens is 1. The number of piperidine rings is 1. The quantitative estimate of drug-likeness (QED) is 0.889. The van der Waals surface area contributed by atoms with Gasteiger partial charge in [-0.3, -0.25) is 0 Å². The van der Waals surface area contributed by atoms with Gasteiger partial charge in [0.15, 0.2) is 0 Å². The molecule has 20 heavy (non-hydrogen) atoms. The fourth-order valence-electron chi connectivity index (χ4n) is 4.04. The van der Waals surface area contributed by atoms with Gasteiger partial charge in [0, 0.05) is 22.2 Å². The molecule has 3 rings (SSSR count). The third kappa shape index (κ3) is 2.75. The first-order chi connectivity index (χ1) is 9.69. The summed E-state index contributed by atoms with van der Waals surface area (Å²) in [6.07, 6.45) is 6.86. The molecule has 1 N–H and O–H groups in total. The molecule has 2 fully saturated rings. The number of rotatable bonds is 4. The van der Waals surface area contributed by atoms with E-state index in [0.717, 1.165) is 18.0 Å². The summed E-state index contributed by atoms with van der Waals surface area (Å²) in [7, 11) is 2.06. The van der Waals surface area contributed by atoms with Crippen LogP contribution in [0, 0.1) is 12.8 Å². The standard InChI is InChI=1S/C17H25BrN2/c1-12-3-4-16(11-17(12)18)20-14-5-6-15(20)10-13(9-14)7-8-19-2/h3-4,11,13-15,19H,5-10H2,1-2H3. The van der Waals surface area contributed by atoms with Crippen LogP contribution in [0.25, 0.3) is 0 Å². The Hall–Kier alpha value is -0.540. The largest absolute Gasteiger partial charge is 0.366 e. The molecule has 0 spiro atoms. The average Bonchev–Trinajstić information content (AvgIpc) is 2.71. The highest BCUT2D eigenvalue weighted by atomic mass is 79.9. The Bertz CT molecular complexity index is 460. The summed E-state index contributed by atoms with van der Waals surface area (Å²) in [4.78, 5) is 2.71. The molecule has 0 radical (unpaired) electrons. The summed E-state index contributed by atoms with van der Waals surface area (Å²) in [6.45, 7) is 3.33. The van der Waals surface area contributed by atoms with Crippen molar-refractivity contribution in [3.63, 3.8) is 0 Å². The number of fused-ring (bicyclic) bond motifs is 2. The van der Waals surface area contributed by atoms with Crippen LogP contribution in [0.2, 0.25) is 0 Å². The molecular formula is C17H25BrN2. The van der Waals surface area contributed by atoms with Gasteiger partial charge >= 0.3 is 0 Å². The van der Waals surface area contributed by atoms with Crippen molar-refractivity contribution < 1.29 is 0 Å². The maximum atomic E-state index is 3.68. The molecule has 2 bridgehead atoms. The smallest absolute Gasteiger partial charge is 0.0382 e. The lowest BCUT2D eigenvalue weighted by Gasteiger charge is -2.41. The monoisotopic (exact) mass is 336 g/mol. The highest BCUT2D eigenvalue weighted by molar-refractivity contribution is 9.10. The second-order valence-corrected chi connectivity index (χ2v) is 7.31. The molecule has 2 aliphatic rings. The van der Waals surface area contributed by atoms with Crippen LogP contribution in [0.3, 0.4) is 0 Å². The lowest BCUT2D eigenvalue weighted by molar-refractivity contribution is 0.321. The molecule has 3 heteroatoms. The van der Waals surface area contributed by atoms with E-state index >= 15 is 0 Å². The molecule has 2 aliphatic heterocycles. The number of hydrogen-bond donors (Lipinski definition) is 1. The number of anilines is 1. The molecule has 2 nitrogen and oxygen atoms in total. The molecule has 2 atom stereocenters. The Morgan fingerprint density at radius 2 is 1.95 bits per heavy atom. The molecule has 0 saturated carbocycles. The Morgan fingerprint density at radius 3 is 2.55 bits per heavy atom. The normalized spacial score (nSPS) is 28.9. The molecule has 1 aromatic carbocycles. The molecule has 2 unspecified atom stereocenters. The summed E-state index contributed by atoms with van der Waals surface area (Å²) in [5.41, 5.74) is 2.74. The highest BCUT2D eigenvalue weighted by Gasteiger charge is 2.40. The lowest BCUT2D eigenvalue weighted by atomic mass is 9.87. The first kappa shape index (κ1) is 14.4. The van der Waals surface area contributed by atoms with Gasteiger partial charge in [-0.1, -0.05) is 22.0 Å². The van der Waals surface area contributed by atoms with E-state index in [0.29, 0.717) is 0 Å². The summed E-state index contributed by atoms with van der Waals surface area (Å²) in [6, 6.07) is 8.40. The van der Waals surface area contributed by atoms with Crippen LogP contribution in [-0.4, -0.2) is 25.7 Å². The van der Waals surface area contributed by atoms with Crippen LogP contribution in [0.4, 0.5) is 5.69 Å². The summed E-state index contributed by atoms with van der Waals surface area (Å²) < 4.78 is 1.24. The van der Waals surface area contributed by atoms with Crippen molar-refractivity contribution in [2.45, 2.75) is 51.1 Å². The van der Waals surface area contributed by atoms with E-state index < -0.39 is 0 Å². The zero-order valence-corrected chi connectivity index (χ0v) is 14.1. The zero-order chi connectivity index (χ0) is 14.1. The van der Waals surface area contributed by atoms with Gasteiger partial charge in [-0.05, 0) is 76.2 Å². The molecule has 0 amide bonds. The topological polar surface area (TPSA) is 15.3 Å². The van der Waals surface area contributed by atoms with Crippen LogP contribution in [0.1, 0.15) is 37.7 Å². The minimum absolute atomic E-state index is 0.769. The van der Waals surface area contributed by atoms with Gasteiger partial charge in [-0.25, -0.2) is 0 Å². The predicted octanol–water partition coefficient (Wildman–Crippen LogP) is 4.11. The second kappa shape index (κ2) is 6.07. The van der Waals surface area contributed by atoms with E-state index in [1.54, 1.807) is 0 Å². The maximum Gasteiger partial charge on any atom is 0.0382 e. The average molecular weight is 337 g/mol. The Labute approximate surface area is 131 Å². The number of nitrogens with one attached hydrogen (secondary N) is 1. The molecule has 0 aromatic heterocycles. The van der Waals surface area contributed by atoms with Gasteiger partial charge in [-0.15, -0.1) is 0 Å². The molecular weight excluding hydrogens is 312 g/mol. The van der Waals surface area contributed by atoms with Crippen LogP contribution >= 0.6 is 15.9 Å². The van der Waals surface area contributed by atoms with E-state index in [4.69, 9.17) is 0 Å². The fraction of sp³-hybridized carbons (Fsp3) is 0.647. The summed E-state index contributed by atoms with van der Waals surface area (Å²) in [5.74, 6) is 0.921. The minimum Gasteiger partial charge on any atom is -0.366 e. The SMILES string of the molecule is CNCCC1CC2CCC(C1)N2c1ccc(C)c(Br)c1. The van der Waals surface area contributed by atoms with Crippen LogP contribution in [-0.2, 0) is 0 Å². The van der Waals surface area contributed by atoms with Gasteiger partial charge in [-0.2, -0.15) is 0 Å². The number of benzene rings is 1. The molecule has 0 aliphatic carbocycles. The molecule has 2 saturated heterocycles. The van der Waals surface area contributed by atoms with Gasteiger partial charge < -0.3 is 10.2 Å². The van der Waals surface area contributed by atoms with E-state index in [9.17, 15) is 0 Å². The third-order valence-electron chi connectivity index (χ3n) is 5.09. The van der Waals surface area contributed by atoms with Crippen molar-refractivity contribution in [3.05, 3.63) is 28.2 Å². The summed E-state index contributed by atoms with van der Waals surface area (Å²) >= 11 is 3.68. The predicted molar refractivity (Wildman–Crippen MR) is 89.4 cm³/mol. The van der Waals surface area contributed by atoms with Crippen molar-refractivity contribution >= 4 is 21.6 Å². The van der Waals surface area contributed by atoms with Gasteiger partial charge in [0.1, 0.15) is 0 Å². The van der Waals surface area contributed by atoms with Crippen molar-refractivity contribution in [1.82, 2.24) is 5.32 Å². The van der Waals surface area contributed by atoms with Crippen molar-refractivity contribution in [2.24, 2.45) is 5.92 Å². The van der Waals surface area contributed by atoms with E-state index in [1.165, 1.54) is 54.4 Å². The third-order valence-corrected chi connectivity index (χ3v) is 5.94. The molecule has 1 aromatic rings. The zero-order valence-electron chi connectivity index (χ0n) is 12.5. The highest BCUT2D eigenvalue weighted by Crippen LogP contribution is 2.43. The van der Waals surface area contributed by atoms with Crippen molar-refractivity contribution in [3.8, 4) is 0 Å². The first-order valence-corrected chi connectivity index (χ1v) is 8.67. The van der Waals surface area contributed by atoms with Crippen LogP contribution in [0.5, 0.6) is 0 Å². The van der Waals surface area contributed by atoms with Gasteiger partial charge in [0.2, 0.25) is 0 Å². The lowest BCUT2D eigenvalue weighted by Crippen LogP contribution is -2.43. The number of nitrogens with zero attached hydrogens (tertiary/aromatic N) is 1. The Kier molecular flexibility index (Phi) is 4.37. The van der Waals surface area contributed by atoms with E-state index in [2.05, 4.69) is 58.3 Å². The van der Waals surface area contributed by atoms with Crippen molar-refractivity contribution in [2.75, 3.05) is 18.5 Å². The van der Waals surface area contributed by atoms with Gasteiger partial charge in [0.25, 0.3) is 0 Å². The first-order valence-electron chi connectivity index (χ1n) is 7.88. The second-order valence-electron chi connectivity index (χ2n) is 6.46. The maximum absolute atomic E-state index is 3.68. The summed E-state index contributed by atoms with van der Waals surface area (Å²) in [5, 5.41) is 3.30.